The van der Waals surface area contributed by atoms with E-state index in [-0.39, 0.29) is 6.61 Å². The van der Waals surface area contributed by atoms with Crippen molar-refractivity contribution in [3.8, 4) is 0 Å². The van der Waals surface area contributed by atoms with Gasteiger partial charge in [0.1, 0.15) is 0 Å². The molecule has 0 bridgehead atoms. The second-order valence-electron chi connectivity index (χ2n) is 2.59. The number of rotatable bonds is 8. The van der Waals surface area contributed by atoms with Crippen molar-refractivity contribution in [1.29, 1.82) is 0 Å². The minimum Gasteiger partial charge on any atom is -0.301 e. The van der Waals surface area contributed by atoms with Crippen molar-refractivity contribution in [3.63, 3.8) is 0 Å². The number of unbranched alkanes of at least 4 members (excludes halogenated alkanes) is 2. The van der Waals surface area contributed by atoms with Crippen LogP contribution in [0.5, 0.6) is 0 Å². The van der Waals surface area contributed by atoms with Crippen molar-refractivity contribution in [3.05, 3.63) is 12.7 Å². The molecule has 0 aliphatic carbocycles. The Morgan fingerprint density at radius 3 is 2.69 bits per heavy atom. The molecule has 0 rings (SSSR count). The molecule has 0 aliphatic heterocycles. The maximum Gasteiger partial charge on any atom is 0.386 e. The Morgan fingerprint density at radius 1 is 1.46 bits per heavy atom. The van der Waals surface area contributed by atoms with Gasteiger partial charge in [0.2, 0.25) is 0 Å². The van der Waals surface area contributed by atoms with Crippen LogP contribution in [-0.4, -0.2) is 13.2 Å². The molecule has 0 aliphatic rings. The summed E-state index contributed by atoms with van der Waals surface area (Å²) in [6.07, 6.45) is 4.57. The summed E-state index contributed by atoms with van der Waals surface area (Å²) in [7, 11) is 0. The van der Waals surface area contributed by atoms with E-state index in [4.69, 9.17) is 9.05 Å². The number of hydrogen-bond acceptors (Lipinski definition) is 3. The van der Waals surface area contributed by atoms with Gasteiger partial charge in [-0.3, -0.25) is 4.52 Å². The highest BCUT2D eigenvalue weighted by Gasteiger charge is 2.16. The van der Waals surface area contributed by atoms with E-state index in [9.17, 15) is 4.57 Å². The zero-order valence-corrected chi connectivity index (χ0v) is 9.73. The van der Waals surface area contributed by atoms with Crippen LogP contribution in [0.4, 0.5) is 0 Å². The lowest BCUT2D eigenvalue weighted by Gasteiger charge is -2.11. The molecule has 0 spiro atoms. The van der Waals surface area contributed by atoms with Gasteiger partial charge in [0.15, 0.2) is 0 Å². The largest absolute Gasteiger partial charge is 0.386 e. The first-order chi connectivity index (χ1) is 6.12. The van der Waals surface area contributed by atoms with E-state index in [1.807, 2.05) is 0 Å². The first kappa shape index (κ1) is 13.2. The highest BCUT2D eigenvalue weighted by atomic mass is 32.7. The zero-order valence-electron chi connectivity index (χ0n) is 7.94. The molecule has 0 fully saturated rings. The second kappa shape index (κ2) is 7.63. The molecule has 1 atom stereocenters. The lowest BCUT2D eigenvalue weighted by molar-refractivity contribution is 0.231. The van der Waals surface area contributed by atoms with Crippen LogP contribution in [0.1, 0.15) is 26.2 Å². The van der Waals surface area contributed by atoms with Crippen LogP contribution in [0.25, 0.3) is 0 Å². The Morgan fingerprint density at radius 2 is 2.15 bits per heavy atom. The Bertz CT molecular complexity index is 184. The smallest absolute Gasteiger partial charge is 0.301 e. The molecule has 3 nitrogen and oxygen atoms in total. The summed E-state index contributed by atoms with van der Waals surface area (Å²) in [6.45, 7) is 3.04. The number of thiol groups is 1. The molecule has 13 heavy (non-hydrogen) atoms. The normalized spacial score (nSPS) is 15.2. The minimum atomic E-state index is -3.13. The van der Waals surface area contributed by atoms with Crippen molar-refractivity contribution in [2.45, 2.75) is 26.2 Å². The van der Waals surface area contributed by atoms with Gasteiger partial charge >= 0.3 is 6.80 Å². The summed E-state index contributed by atoms with van der Waals surface area (Å²) in [4.78, 5) is 0. The van der Waals surface area contributed by atoms with Crippen molar-refractivity contribution >= 4 is 19.0 Å². The molecule has 0 amide bonds. The second-order valence-corrected chi connectivity index (χ2v) is 5.52. The van der Waals surface area contributed by atoms with E-state index in [0.717, 1.165) is 19.3 Å². The van der Waals surface area contributed by atoms with Crippen molar-refractivity contribution in [2.24, 2.45) is 0 Å². The minimum absolute atomic E-state index is 0.203. The Labute approximate surface area is 85.2 Å². The predicted octanol–water partition coefficient (Wildman–Crippen LogP) is 3.43. The fourth-order valence-corrected chi connectivity index (χ4v) is 1.89. The predicted molar refractivity (Wildman–Crippen MR) is 58.2 cm³/mol. The molecule has 0 aromatic heterocycles. The fraction of sp³-hybridized carbons (Fsp3) is 0.750. The topological polar surface area (TPSA) is 35.5 Å². The van der Waals surface area contributed by atoms with Gasteiger partial charge in [-0.1, -0.05) is 38.1 Å². The van der Waals surface area contributed by atoms with E-state index in [1.165, 1.54) is 6.08 Å². The summed E-state index contributed by atoms with van der Waals surface area (Å²) >= 11 is 3.79. The lowest BCUT2D eigenvalue weighted by atomic mass is 10.3. The third-order valence-electron chi connectivity index (χ3n) is 1.36. The lowest BCUT2D eigenvalue weighted by Crippen LogP contribution is -1.93. The summed E-state index contributed by atoms with van der Waals surface area (Å²) in [5.74, 6) is 0. The Balaban J connectivity index is 3.50. The first-order valence-electron chi connectivity index (χ1n) is 4.35. The standard InChI is InChI=1S/C8H17O3PS/c1-3-5-6-8-11-12(9,13)10-7-4-2/h4H,2-3,5-8H2,1H3,(H,9,13). The van der Waals surface area contributed by atoms with Gasteiger partial charge in [-0.15, -0.1) is 6.58 Å². The average Bonchev–Trinajstić information content (AvgIpc) is 2.09. The van der Waals surface area contributed by atoms with E-state index in [1.54, 1.807) is 0 Å². The highest BCUT2D eigenvalue weighted by molar-refractivity contribution is 8.44. The summed E-state index contributed by atoms with van der Waals surface area (Å²) in [5.41, 5.74) is 0. The van der Waals surface area contributed by atoms with E-state index in [0.29, 0.717) is 6.61 Å². The van der Waals surface area contributed by atoms with E-state index < -0.39 is 6.80 Å². The van der Waals surface area contributed by atoms with Crippen molar-refractivity contribution in [1.82, 2.24) is 0 Å². The Kier molecular flexibility index (Phi) is 7.77. The van der Waals surface area contributed by atoms with Crippen LogP contribution in [0.2, 0.25) is 0 Å². The van der Waals surface area contributed by atoms with Crippen LogP contribution in [0, 0.1) is 0 Å². The van der Waals surface area contributed by atoms with Gasteiger partial charge in [0.25, 0.3) is 0 Å². The number of hydrogen-bond donors (Lipinski definition) is 1. The molecule has 0 heterocycles. The molecular formula is C8H17O3PS. The molecular weight excluding hydrogens is 207 g/mol. The average molecular weight is 224 g/mol. The van der Waals surface area contributed by atoms with E-state index in [2.05, 4.69) is 25.8 Å². The summed E-state index contributed by atoms with van der Waals surface area (Å²) in [5, 5.41) is 0. The molecule has 0 aromatic rings. The molecule has 0 saturated heterocycles. The molecule has 1 unspecified atom stereocenters. The maximum atomic E-state index is 11.3. The zero-order chi connectivity index (χ0) is 10.2. The van der Waals surface area contributed by atoms with Gasteiger partial charge in [0.05, 0.1) is 13.2 Å². The van der Waals surface area contributed by atoms with Gasteiger partial charge in [-0.25, -0.2) is 4.57 Å². The quantitative estimate of drug-likeness (QED) is 0.297. The Hall–Kier alpha value is 0.240. The highest BCUT2D eigenvalue weighted by Crippen LogP contribution is 2.52. The van der Waals surface area contributed by atoms with Crippen LogP contribution >= 0.6 is 19.0 Å². The van der Waals surface area contributed by atoms with Crippen LogP contribution < -0.4 is 0 Å². The van der Waals surface area contributed by atoms with Gasteiger partial charge in [0, 0.05) is 0 Å². The van der Waals surface area contributed by atoms with Gasteiger partial charge in [-0.2, -0.15) is 0 Å². The van der Waals surface area contributed by atoms with Crippen molar-refractivity contribution in [2.75, 3.05) is 13.2 Å². The van der Waals surface area contributed by atoms with Gasteiger partial charge < -0.3 is 4.52 Å². The van der Waals surface area contributed by atoms with Crippen LogP contribution in [-0.2, 0) is 13.6 Å². The molecule has 78 valence electrons. The van der Waals surface area contributed by atoms with E-state index >= 15 is 0 Å². The third-order valence-corrected chi connectivity index (χ3v) is 3.03. The molecule has 5 heteroatoms. The third kappa shape index (κ3) is 8.57. The monoisotopic (exact) mass is 224 g/mol. The van der Waals surface area contributed by atoms with Crippen LogP contribution in [0.15, 0.2) is 12.7 Å². The molecule has 0 aromatic carbocycles. The molecule has 0 N–H and O–H groups in total. The molecule has 0 radical (unpaired) electrons. The van der Waals surface area contributed by atoms with Crippen molar-refractivity contribution < 1.29 is 13.6 Å². The molecule has 0 saturated carbocycles. The SMILES string of the molecule is C=CCOP(=O)(S)OCCCCC. The summed E-state index contributed by atoms with van der Waals surface area (Å²) in [6, 6.07) is 0. The van der Waals surface area contributed by atoms with Crippen LogP contribution in [0.3, 0.4) is 0 Å². The van der Waals surface area contributed by atoms with Gasteiger partial charge in [-0.05, 0) is 6.42 Å². The first-order valence-corrected chi connectivity index (χ1v) is 7.04. The fourth-order valence-electron chi connectivity index (χ4n) is 0.716. The maximum absolute atomic E-state index is 11.3. The summed E-state index contributed by atoms with van der Waals surface area (Å²) < 4.78 is 21.1.